The zero-order chi connectivity index (χ0) is 13.0. The third kappa shape index (κ3) is 3.53. The van der Waals surface area contributed by atoms with Crippen molar-refractivity contribution in [3.63, 3.8) is 0 Å². The van der Waals surface area contributed by atoms with Crippen molar-refractivity contribution in [1.29, 1.82) is 0 Å². The first-order valence-electron chi connectivity index (χ1n) is 6.30. The highest BCUT2D eigenvalue weighted by atomic mass is 32.2. The van der Waals surface area contributed by atoms with E-state index in [0.717, 1.165) is 18.6 Å². The van der Waals surface area contributed by atoms with Crippen LogP contribution in [-0.4, -0.2) is 28.1 Å². The molecule has 100 valence electrons. The lowest BCUT2D eigenvalue weighted by Crippen LogP contribution is -2.38. The molecular formula is C13H19NO3S. The van der Waals surface area contributed by atoms with E-state index in [1.54, 1.807) is 23.9 Å². The lowest BCUT2D eigenvalue weighted by Gasteiger charge is -2.18. The van der Waals surface area contributed by atoms with Gasteiger partial charge >= 0.3 is 0 Å². The molecule has 5 heteroatoms. The van der Waals surface area contributed by atoms with Crippen LogP contribution in [0.5, 0.6) is 0 Å². The predicted octanol–water partition coefficient (Wildman–Crippen LogP) is 2.10. The number of hydrogen-bond acceptors (Lipinski definition) is 4. The van der Waals surface area contributed by atoms with Gasteiger partial charge < -0.3 is 14.8 Å². The van der Waals surface area contributed by atoms with Gasteiger partial charge in [0.25, 0.3) is 0 Å². The van der Waals surface area contributed by atoms with Gasteiger partial charge in [0, 0.05) is 12.5 Å². The molecule has 4 nitrogen and oxygen atoms in total. The van der Waals surface area contributed by atoms with Gasteiger partial charge in [-0.1, -0.05) is 0 Å². The molecular weight excluding hydrogens is 250 g/mol. The van der Waals surface area contributed by atoms with Crippen molar-refractivity contribution in [2.75, 3.05) is 5.75 Å². The molecule has 0 bridgehead atoms. The summed E-state index contributed by atoms with van der Waals surface area (Å²) in [5, 5.41) is 13.0. The van der Waals surface area contributed by atoms with Crippen LogP contribution in [0.15, 0.2) is 22.8 Å². The fourth-order valence-electron chi connectivity index (χ4n) is 2.11. The molecule has 1 aliphatic heterocycles. The van der Waals surface area contributed by atoms with Crippen molar-refractivity contribution in [2.45, 2.75) is 43.6 Å². The Morgan fingerprint density at radius 2 is 2.56 bits per heavy atom. The number of furan rings is 1. The second-order valence-corrected chi connectivity index (χ2v) is 5.99. The number of aliphatic hydroxyl groups is 1. The molecule has 1 aliphatic rings. The molecule has 3 atom stereocenters. The minimum Gasteiger partial charge on any atom is -0.467 e. The van der Waals surface area contributed by atoms with E-state index in [2.05, 4.69) is 5.32 Å². The van der Waals surface area contributed by atoms with Crippen LogP contribution in [-0.2, 0) is 4.79 Å². The number of hydrogen-bond donors (Lipinski definition) is 2. The maximum Gasteiger partial charge on any atom is 0.233 e. The number of carbonyl (C=O) groups excluding carboxylic acids is 1. The molecule has 0 saturated carbocycles. The molecule has 0 aromatic carbocycles. The summed E-state index contributed by atoms with van der Waals surface area (Å²) in [6, 6.07) is 3.43. The van der Waals surface area contributed by atoms with Gasteiger partial charge in [-0.2, -0.15) is 0 Å². The zero-order valence-electron chi connectivity index (χ0n) is 10.5. The maximum atomic E-state index is 11.9. The summed E-state index contributed by atoms with van der Waals surface area (Å²) < 4.78 is 5.13. The third-order valence-corrected chi connectivity index (χ3v) is 4.44. The van der Waals surface area contributed by atoms with Crippen molar-refractivity contribution in [2.24, 2.45) is 0 Å². The lowest BCUT2D eigenvalue weighted by atomic mass is 10.1. The van der Waals surface area contributed by atoms with Crippen LogP contribution < -0.4 is 5.32 Å². The normalized spacial score (nSPS) is 22.7. The molecule has 1 amide bonds. The topological polar surface area (TPSA) is 62.5 Å². The summed E-state index contributed by atoms with van der Waals surface area (Å²) in [6.45, 7) is 1.91. The molecule has 2 rings (SSSR count). The molecule has 1 aromatic rings. The second-order valence-electron chi connectivity index (χ2n) is 4.68. The number of amides is 1. The standard InChI is InChI=1S/C13H19NO3S/c1-9(8-10(15)11-4-2-6-17-11)14-13(16)12-5-3-7-18-12/h2,4,6,9-10,12,15H,3,5,7-8H2,1H3,(H,14,16). The Morgan fingerprint density at radius 3 is 3.17 bits per heavy atom. The van der Waals surface area contributed by atoms with Crippen LogP contribution in [0.4, 0.5) is 0 Å². The Bertz CT molecular complexity index is 374. The quantitative estimate of drug-likeness (QED) is 0.859. The van der Waals surface area contributed by atoms with Crippen LogP contribution in [0.25, 0.3) is 0 Å². The molecule has 2 heterocycles. The molecule has 3 unspecified atom stereocenters. The van der Waals surface area contributed by atoms with Crippen molar-refractivity contribution in [3.05, 3.63) is 24.2 Å². The number of thioether (sulfide) groups is 1. The fourth-order valence-corrected chi connectivity index (χ4v) is 3.28. The highest BCUT2D eigenvalue weighted by molar-refractivity contribution is 8.00. The van der Waals surface area contributed by atoms with Crippen molar-refractivity contribution in [3.8, 4) is 0 Å². The zero-order valence-corrected chi connectivity index (χ0v) is 11.3. The summed E-state index contributed by atoms with van der Waals surface area (Å²) in [5.74, 6) is 1.71. The Labute approximate surface area is 111 Å². The predicted molar refractivity (Wildman–Crippen MR) is 71.4 cm³/mol. The second kappa shape index (κ2) is 6.29. The summed E-state index contributed by atoms with van der Waals surface area (Å²) >= 11 is 1.72. The minimum atomic E-state index is -0.661. The monoisotopic (exact) mass is 269 g/mol. The van der Waals surface area contributed by atoms with Gasteiger partial charge in [-0.05, 0) is 37.7 Å². The number of nitrogens with one attached hydrogen (secondary N) is 1. The molecule has 0 radical (unpaired) electrons. The Morgan fingerprint density at radius 1 is 1.72 bits per heavy atom. The third-order valence-electron chi connectivity index (χ3n) is 3.06. The van der Waals surface area contributed by atoms with E-state index in [1.165, 1.54) is 6.26 Å². The largest absolute Gasteiger partial charge is 0.467 e. The van der Waals surface area contributed by atoms with Gasteiger partial charge in [0.2, 0.25) is 5.91 Å². The SMILES string of the molecule is CC(CC(O)c1ccco1)NC(=O)C1CCCS1. The van der Waals surface area contributed by atoms with Crippen molar-refractivity contribution >= 4 is 17.7 Å². The molecule has 1 aromatic heterocycles. The summed E-state index contributed by atoms with van der Waals surface area (Å²) in [5.41, 5.74) is 0. The van der Waals surface area contributed by atoms with Crippen LogP contribution in [0.1, 0.15) is 38.1 Å². The molecule has 0 spiro atoms. The molecule has 1 fully saturated rings. The van der Waals surface area contributed by atoms with E-state index >= 15 is 0 Å². The Balaban J connectivity index is 1.77. The first-order chi connectivity index (χ1) is 8.66. The average molecular weight is 269 g/mol. The van der Waals surface area contributed by atoms with E-state index in [4.69, 9.17) is 4.42 Å². The van der Waals surface area contributed by atoms with Crippen LogP contribution in [0.2, 0.25) is 0 Å². The van der Waals surface area contributed by atoms with E-state index in [0.29, 0.717) is 12.2 Å². The van der Waals surface area contributed by atoms with Gasteiger partial charge in [0.15, 0.2) is 0 Å². The van der Waals surface area contributed by atoms with Crippen molar-refractivity contribution < 1.29 is 14.3 Å². The van der Waals surface area contributed by atoms with Gasteiger partial charge in [-0.3, -0.25) is 4.79 Å². The first kappa shape index (κ1) is 13.5. The summed E-state index contributed by atoms with van der Waals surface area (Å²) in [7, 11) is 0. The molecule has 1 saturated heterocycles. The van der Waals surface area contributed by atoms with Gasteiger partial charge in [-0.15, -0.1) is 11.8 Å². The fraction of sp³-hybridized carbons (Fsp3) is 0.615. The maximum absolute atomic E-state index is 11.9. The lowest BCUT2D eigenvalue weighted by molar-refractivity contribution is -0.121. The summed E-state index contributed by atoms with van der Waals surface area (Å²) in [4.78, 5) is 11.9. The van der Waals surface area contributed by atoms with Crippen LogP contribution >= 0.6 is 11.8 Å². The smallest absolute Gasteiger partial charge is 0.233 e. The van der Waals surface area contributed by atoms with E-state index < -0.39 is 6.10 Å². The van der Waals surface area contributed by atoms with Gasteiger partial charge in [-0.25, -0.2) is 0 Å². The molecule has 18 heavy (non-hydrogen) atoms. The van der Waals surface area contributed by atoms with Crippen LogP contribution in [0.3, 0.4) is 0 Å². The molecule has 2 N–H and O–H groups in total. The first-order valence-corrected chi connectivity index (χ1v) is 7.35. The van der Waals surface area contributed by atoms with E-state index in [9.17, 15) is 9.90 Å². The van der Waals surface area contributed by atoms with Gasteiger partial charge in [0.05, 0.1) is 11.5 Å². The van der Waals surface area contributed by atoms with E-state index in [1.807, 2.05) is 6.92 Å². The Hall–Kier alpha value is -0.940. The highest BCUT2D eigenvalue weighted by Gasteiger charge is 2.25. The number of aliphatic hydroxyl groups excluding tert-OH is 1. The molecule has 0 aliphatic carbocycles. The average Bonchev–Trinajstić information content (AvgIpc) is 3.02. The van der Waals surface area contributed by atoms with Crippen molar-refractivity contribution in [1.82, 2.24) is 5.32 Å². The number of carbonyl (C=O) groups is 1. The van der Waals surface area contributed by atoms with E-state index in [-0.39, 0.29) is 17.2 Å². The Kier molecular flexibility index (Phi) is 4.72. The minimum absolute atomic E-state index is 0.0567. The van der Waals surface area contributed by atoms with Crippen LogP contribution in [0, 0.1) is 0 Å². The van der Waals surface area contributed by atoms with Gasteiger partial charge in [0.1, 0.15) is 11.9 Å². The number of rotatable bonds is 5. The highest BCUT2D eigenvalue weighted by Crippen LogP contribution is 2.26. The summed E-state index contributed by atoms with van der Waals surface area (Å²) in [6.07, 6.45) is 3.43.